The number of nitrogens with two attached hydrogens (primary N) is 1. The molecule has 2 N–H and O–H groups in total. The van der Waals surface area contributed by atoms with Crippen molar-refractivity contribution in [2.24, 2.45) is 5.73 Å². The summed E-state index contributed by atoms with van der Waals surface area (Å²) in [5, 5.41) is 4.43. The minimum atomic E-state index is -0.429. The first kappa shape index (κ1) is 17.4. The zero-order chi connectivity index (χ0) is 17.0. The molecule has 1 aromatic heterocycles. The Kier molecular flexibility index (Phi) is 5.38. The molecule has 0 spiro atoms. The number of hydrogen-bond donors (Lipinski definition) is 1. The van der Waals surface area contributed by atoms with Crippen LogP contribution in [0.4, 0.5) is 0 Å². The predicted octanol–water partition coefficient (Wildman–Crippen LogP) is 1.01. The van der Waals surface area contributed by atoms with Gasteiger partial charge in [-0.15, -0.1) is 0 Å². The van der Waals surface area contributed by atoms with Crippen molar-refractivity contribution in [3.8, 4) is 0 Å². The number of carbonyl (C=O) groups excluding carboxylic acids is 2. The summed E-state index contributed by atoms with van der Waals surface area (Å²) in [6, 6.07) is 0. The fourth-order valence-electron chi connectivity index (χ4n) is 2.85. The van der Waals surface area contributed by atoms with Crippen molar-refractivity contribution in [1.29, 1.82) is 0 Å². The number of nitrogens with zero attached hydrogens (tertiary/aromatic N) is 4. The van der Waals surface area contributed by atoms with Gasteiger partial charge in [-0.05, 0) is 40.0 Å². The minimum Gasteiger partial charge on any atom is -0.369 e. The van der Waals surface area contributed by atoms with Gasteiger partial charge in [-0.1, -0.05) is 0 Å². The molecule has 1 aromatic rings. The molecule has 1 aliphatic heterocycles. The Morgan fingerprint density at radius 1 is 1.30 bits per heavy atom. The van der Waals surface area contributed by atoms with Gasteiger partial charge in [0.1, 0.15) is 5.82 Å². The van der Waals surface area contributed by atoms with Crippen LogP contribution in [0, 0.1) is 0 Å². The maximum atomic E-state index is 11.8. The van der Waals surface area contributed by atoms with E-state index in [9.17, 15) is 9.59 Å². The maximum Gasteiger partial charge on any atom is 0.225 e. The first-order valence-electron chi connectivity index (χ1n) is 8.29. The Morgan fingerprint density at radius 2 is 2.04 bits per heavy atom. The molecule has 0 aromatic carbocycles. The Bertz CT molecular complexity index is 574. The summed E-state index contributed by atoms with van der Waals surface area (Å²) in [5.74, 6) is 1.14. The summed E-state index contributed by atoms with van der Waals surface area (Å²) < 4.78 is 1.86. The molecule has 1 fully saturated rings. The second-order valence-electron chi connectivity index (χ2n) is 7.11. The van der Waals surface area contributed by atoms with E-state index in [-0.39, 0.29) is 17.9 Å². The van der Waals surface area contributed by atoms with Gasteiger partial charge in [0, 0.05) is 25.9 Å². The molecule has 2 heterocycles. The van der Waals surface area contributed by atoms with Crippen LogP contribution in [-0.4, -0.2) is 44.6 Å². The summed E-state index contributed by atoms with van der Waals surface area (Å²) in [5.41, 5.74) is 5.02. The van der Waals surface area contributed by atoms with Crippen LogP contribution < -0.4 is 5.73 Å². The molecule has 0 atom stereocenters. The summed E-state index contributed by atoms with van der Waals surface area (Å²) in [6.45, 7) is 7.76. The number of amides is 2. The van der Waals surface area contributed by atoms with Gasteiger partial charge in [0.25, 0.3) is 0 Å². The molecule has 2 rings (SSSR count). The van der Waals surface area contributed by atoms with Crippen molar-refractivity contribution in [1.82, 2.24) is 19.7 Å². The Labute approximate surface area is 137 Å². The van der Waals surface area contributed by atoms with Crippen LogP contribution in [-0.2, 0) is 28.0 Å². The minimum absolute atomic E-state index is 0.0562. The topological polar surface area (TPSA) is 94.1 Å². The fourth-order valence-corrected chi connectivity index (χ4v) is 2.85. The lowest BCUT2D eigenvalue weighted by atomic mass is 10.1. The van der Waals surface area contributed by atoms with E-state index >= 15 is 0 Å². The van der Waals surface area contributed by atoms with Crippen LogP contribution in [0.1, 0.15) is 58.1 Å². The summed E-state index contributed by atoms with van der Waals surface area (Å²) in [7, 11) is 0. The first-order chi connectivity index (χ1) is 10.8. The van der Waals surface area contributed by atoms with E-state index in [2.05, 4.69) is 10.1 Å². The molecule has 0 saturated carbocycles. The molecule has 0 bridgehead atoms. The van der Waals surface area contributed by atoms with Crippen LogP contribution in [0.25, 0.3) is 0 Å². The highest BCUT2D eigenvalue weighted by atomic mass is 16.2. The average molecular weight is 321 g/mol. The summed E-state index contributed by atoms with van der Waals surface area (Å²) in [6.07, 6.45) is 4.39. The van der Waals surface area contributed by atoms with Gasteiger partial charge in [-0.25, -0.2) is 9.67 Å². The van der Waals surface area contributed by atoms with Crippen LogP contribution in [0.2, 0.25) is 0 Å². The molecule has 0 unspecified atom stereocenters. The van der Waals surface area contributed by atoms with Crippen molar-refractivity contribution >= 4 is 11.8 Å². The fraction of sp³-hybridized carbons (Fsp3) is 0.750. The van der Waals surface area contributed by atoms with E-state index in [1.54, 1.807) is 0 Å². The van der Waals surface area contributed by atoms with Crippen molar-refractivity contribution in [3.05, 3.63) is 11.6 Å². The Hall–Kier alpha value is -1.92. The zero-order valence-corrected chi connectivity index (χ0v) is 14.3. The third-order valence-corrected chi connectivity index (χ3v) is 3.94. The summed E-state index contributed by atoms with van der Waals surface area (Å²) in [4.78, 5) is 29.3. The van der Waals surface area contributed by atoms with Crippen LogP contribution in [0.15, 0.2) is 0 Å². The number of likely N-dealkylation sites (tertiary alicyclic amines) is 1. The van der Waals surface area contributed by atoms with Gasteiger partial charge in [0.05, 0.1) is 12.0 Å². The normalized spacial score (nSPS) is 16.0. The third-order valence-electron chi connectivity index (χ3n) is 3.94. The van der Waals surface area contributed by atoms with Gasteiger partial charge in [0.2, 0.25) is 11.8 Å². The number of hydrogen-bond acceptors (Lipinski definition) is 4. The third kappa shape index (κ3) is 4.77. The molecule has 7 nitrogen and oxygen atoms in total. The van der Waals surface area contributed by atoms with E-state index < -0.39 is 5.91 Å². The van der Waals surface area contributed by atoms with E-state index in [4.69, 9.17) is 5.73 Å². The standard InChI is InChI=1S/C16H27N5O2/c1-16(2,3)21-14(18-13(19-21)11-12(17)22)7-6-10-20-9-5-4-8-15(20)23/h4-11H2,1-3H3,(H2,17,22). The highest BCUT2D eigenvalue weighted by Crippen LogP contribution is 2.17. The molecule has 1 saturated heterocycles. The van der Waals surface area contributed by atoms with Gasteiger partial charge in [0.15, 0.2) is 5.82 Å². The molecular formula is C16H27N5O2. The molecular weight excluding hydrogens is 294 g/mol. The van der Waals surface area contributed by atoms with E-state index in [0.717, 1.165) is 44.6 Å². The lowest BCUT2D eigenvalue weighted by Gasteiger charge is -2.27. The van der Waals surface area contributed by atoms with Crippen LogP contribution in [0.3, 0.4) is 0 Å². The predicted molar refractivity (Wildman–Crippen MR) is 86.7 cm³/mol. The molecule has 0 radical (unpaired) electrons. The Morgan fingerprint density at radius 3 is 2.65 bits per heavy atom. The number of piperidine rings is 1. The Balaban J connectivity index is 2.01. The van der Waals surface area contributed by atoms with Crippen molar-refractivity contribution in [2.45, 2.75) is 64.8 Å². The van der Waals surface area contributed by atoms with E-state index in [1.807, 2.05) is 30.4 Å². The van der Waals surface area contributed by atoms with Crippen molar-refractivity contribution < 1.29 is 9.59 Å². The average Bonchev–Trinajstić information content (AvgIpc) is 2.83. The lowest BCUT2D eigenvalue weighted by molar-refractivity contribution is -0.133. The summed E-state index contributed by atoms with van der Waals surface area (Å²) >= 11 is 0. The molecule has 128 valence electrons. The molecule has 2 amide bonds. The second-order valence-corrected chi connectivity index (χ2v) is 7.11. The van der Waals surface area contributed by atoms with Gasteiger partial charge in [-0.3, -0.25) is 9.59 Å². The smallest absolute Gasteiger partial charge is 0.225 e. The number of aromatic nitrogens is 3. The number of carbonyl (C=O) groups is 2. The van der Waals surface area contributed by atoms with Crippen LogP contribution in [0.5, 0.6) is 0 Å². The van der Waals surface area contributed by atoms with Crippen molar-refractivity contribution in [3.63, 3.8) is 0 Å². The number of primary amides is 1. The van der Waals surface area contributed by atoms with Crippen molar-refractivity contribution in [2.75, 3.05) is 13.1 Å². The molecule has 7 heteroatoms. The van der Waals surface area contributed by atoms with E-state index in [0.29, 0.717) is 12.2 Å². The SMILES string of the molecule is CC(C)(C)n1nc(CC(N)=O)nc1CCCN1CCCCC1=O. The largest absolute Gasteiger partial charge is 0.369 e. The molecule has 23 heavy (non-hydrogen) atoms. The highest BCUT2D eigenvalue weighted by molar-refractivity contribution is 5.76. The quantitative estimate of drug-likeness (QED) is 0.846. The second kappa shape index (κ2) is 7.10. The monoisotopic (exact) mass is 321 g/mol. The first-order valence-corrected chi connectivity index (χ1v) is 8.29. The molecule has 1 aliphatic rings. The van der Waals surface area contributed by atoms with Gasteiger partial charge < -0.3 is 10.6 Å². The lowest BCUT2D eigenvalue weighted by Crippen LogP contribution is -2.36. The number of aryl methyl sites for hydroxylation is 1. The van der Waals surface area contributed by atoms with E-state index in [1.165, 1.54) is 0 Å². The maximum absolute atomic E-state index is 11.8. The zero-order valence-electron chi connectivity index (χ0n) is 14.3. The van der Waals surface area contributed by atoms with Crippen LogP contribution >= 0.6 is 0 Å². The van der Waals surface area contributed by atoms with Gasteiger partial charge >= 0.3 is 0 Å². The van der Waals surface area contributed by atoms with Gasteiger partial charge in [-0.2, -0.15) is 5.10 Å². The number of rotatable bonds is 6. The molecule has 0 aliphatic carbocycles. The highest BCUT2D eigenvalue weighted by Gasteiger charge is 2.22.